The highest BCUT2D eigenvalue weighted by molar-refractivity contribution is 6.06. The Morgan fingerprint density at radius 1 is 0.714 bits per heavy atom. The quantitative estimate of drug-likeness (QED) is 0.422. The van der Waals surface area contributed by atoms with Gasteiger partial charge in [-0.25, -0.2) is 0 Å². The van der Waals surface area contributed by atoms with E-state index in [1.54, 1.807) is 0 Å². The van der Waals surface area contributed by atoms with Gasteiger partial charge in [-0.2, -0.15) is 0 Å². The molecule has 0 unspecified atom stereocenters. The molecule has 0 spiro atoms. The Labute approximate surface area is 123 Å². The second-order valence-electron chi connectivity index (χ2n) is 5.63. The zero-order chi connectivity index (χ0) is 14.4. The van der Waals surface area contributed by atoms with Gasteiger partial charge < -0.3 is 4.42 Å². The maximum atomic E-state index is 6.04. The van der Waals surface area contributed by atoms with Crippen LogP contribution in [-0.4, -0.2) is 0 Å². The molecule has 102 valence electrons. The van der Waals surface area contributed by atoms with E-state index >= 15 is 0 Å². The lowest BCUT2D eigenvalue weighted by Crippen LogP contribution is -1.81. The van der Waals surface area contributed by atoms with Gasteiger partial charge in [0.1, 0.15) is 11.2 Å². The maximum Gasteiger partial charge on any atom is 0.136 e. The van der Waals surface area contributed by atoms with Crippen LogP contribution in [0.5, 0.6) is 0 Å². The third-order valence-electron chi connectivity index (χ3n) is 4.08. The van der Waals surface area contributed by atoms with Gasteiger partial charge in [0.05, 0.1) is 0 Å². The summed E-state index contributed by atoms with van der Waals surface area (Å²) in [6, 6.07) is 21.3. The Balaban J connectivity index is 1.98. The van der Waals surface area contributed by atoms with Crippen LogP contribution in [-0.2, 0) is 0 Å². The van der Waals surface area contributed by atoms with E-state index in [1.165, 1.54) is 33.0 Å². The number of hydrogen-bond acceptors (Lipinski definition) is 1. The van der Waals surface area contributed by atoms with E-state index < -0.39 is 0 Å². The standard InChI is InChI=1S/C20H16O/c1-13-7-9-17-18-10-8-15(12-20(18)21-19(17)11-13)16-6-4-3-5-14(16)2/h3-12H,1-2H3. The molecule has 0 bridgehead atoms. The first-order valence-corrected chi connectivity index (χ1v) is 7.21. The fraction of sp³-hybridized carbons (Fsp3) is 0.100. The van der Waals surface area contributed by atoms with Crippen molar-refractivity contribution in [2.24, 2.45) is 0 Å². The van der Waals surface area contributed by atoms with Crippen LogP contribution in [0.3, 0.4) is 0 Å². The zero-order valence-corrected chi connectivity index (χ0v) is 12.2. The molecule has 0 aliphatic heterocycles. The smallest absolute Gasteiger partial charge is 0.136 e. The summed E-state index contributed by atoms with van der Waals surface area (Å²) in [7, 11) is 0. The lowest BCUT2D eigenvalue weighted by Gasteiger charge is -2.05. The molecule has 0 saturated heterocycles. The van der Waals surface area contributed by atoms with E-state index in [4.69, 9.17) is 4.42 Å². The molecule has 0 aliphatic rings. The molecular formula is C20H16O. The molecule has 0 atom stereocenters. The van der Waals surface area contributed by atoms with Gasteiger partial charge in [-0.05, 0) is 54.3 Å². The van der Waals surface area contributed by atoms with Gasteiger partial charge in [0, 0.05) is 10.8 Å². The van der Waals surface area contributed by atoms with Gasteiger partial charge in [0.15, 0.2) is 0 Å². The fourth-order valence-corrected chi connectivity index (χ4v) is 2.95. The molecule has 1 heteroatoms. The Morgan fingerprint density at radius 3 is 2.24 bits per heavy atom. The van der Waals surface area contributed by atoms with Crippen LogP contribution in [0.15, 0.2) is 65.1 Å². The summed E-state index contributed by atoms with van der Waals surface area (Å²) in [6.07, 6.45) is 0. The number of aryl methyl sites for hydroxylation is 2. The third kappa shape index (κ3) is 1.93. The summed E-state index contributed by atoms with van der Waals surface area (Å²) in [5, 5.41) is 2.37. The predicted octanol–water partition coefficient (Wildman–Crippen LogP) is 5.87. The molecule has 1 aromatic heterocycles. The molecule has 21 heavy (non-hydrogen) atoms. The second-order valence-corrected chi connectivity index (χ2v) is 5.63. The Kier molecular flexibility index (Phi) is 2.61. The summed E-state index contributed by atoms with van der Waals surface area (Å²) >= 11 is 0. The third-order valence-corrected chi connectivity index (χ3v) is 4.08. The average Bonchev–Trinajstić information content (AvgIpc) is 2.84. The molecule has 0 aliphatic carbocycles. The lowest BCUT2D eigenvalue weighted by atomic mass is 9.99. The van der Waals surface area contributed by atoms with Gasteiger partial charge >= 0.3 is 0 Å². The minimum absolute atomic E-state index is 0.955. The van der Waals surface area contributed by atoms with Crippen LogP contribution < -0.4 is 0 Å². The van der Waals surface area contributed by atoms with E-state index in [9.17, 15) is 0 Å². The van der Waals surface area contributed by atoms with Gasteiger partial charge in [0.2, 0.25) is 0 Å². The highest BCUT2D eigenvalue weighted by Crippen LogP contribution is 2.33. The van der Waals surface area contributed by atoms with Gasteiger partial charge in [-0.3, -0.25) is 0 Å². The zero-order valence-electron chi connectivity index (χ0n) is 12.2. The van der Waals surface area contributed by atoms with Crippen molar-refractivity contribution in [3.8, 4) is 11.1 Å². The predicted molar refractivity (Wildman–Crippen MR) is 88.6 cm³/mol. The monoisotopic (exact) mass is 272 g/mol. The van der Waals surface area contributed by atoms with Crippen LogP contribution in [0.2, 0.25) is 0 Å². The van der Waals surface area contributed by atoms with Crippen LogP contribution in [0.1, 0.15) is 11.1 Å². The number of benzene rings is 3. The van der Waals surface area contributed by atoms with Crippen LogP contribution >= 0.6 is 0 Å². The van der Waals surface area contributed by atoms with Crippen molar-refractivity contribution in [3.63, 3.8) is 0 Å². The van der Waals surface area contributed by atoms with E-state index in [0.29, 0.717) is 0 Å². The van der Waals surface area contributed by atoms with Crippen molar-refractivity contribution in [2.75, 3.05) is 0 Å². The average molecular weight is 272 g/mol. The molecule has 0 amide bonds. The highest BCUT2D eigenvalue weighted by atomic mass is 16.3. The van der Waals surface area contributed by atoms with E-state index in [0.717, 1.165) is 11.2 Å². The molecule has 0 radical (unpaired) electrons. The largest absolute Gasteiger partial charge is 0.456 e. The van der Waals surface area contributed by atoms with Gasteiger partial charge in [-0.15, -0.1) is 0 Å². The minimum atomic E-state index is 0.955. The molecule has 4 rings (SSSR count). The van der Waals surface area contributed by atoms with Crippen LogP contribution in [0, 0.1) is 13.8 Å². The maximum absolute atomic E-state index is 6.04. The Hall–Kier alpha value is -2.54. The lowest BCUT2D eigenvalue weighted by molar-refractivity contribution is 0.668. The first-order chi connectivity index (χ1) is 10.2. The number of rotatable bonds is 1. The van der Waals surface area contributed by atoms with Crippen molar-refractivity contribution in [3.05, 3.63) is 71.8 Å². The van der Waals surface area contributed by atoms with Crippen molar-refractivity contribution in [1.29, 1.82) is 0 Å². The molecule has 0 fully saturated rings. The molecule has 0 saturated carbocycles. The van der Waals surface area contributed by atoms with Crippen molar-refractivity contribution >= 4 is 21.9 Å². The number of hydrogen-bond donors (Lipinski definition) is 0. The molecule has 1 nitrogen and oxygen atoms in total. The Bertz CT molecular complexity index is 960. The van der Waals surface area contributed by atoms with Gasteiger partial charge in [0.25, 0.3) is 0 Å². The molecule has 3 aromatic carbocycles. The molecule has 1 heterocycles. The summed E-state index contributed by atoms with van der Waals surface area (Å²) in [4.78, 5) is 0. The minimum Gasteiger partial charge on any atom is -0.456 e. The van der Waals surface area contributed by atoms with Crippen LogP contribution in [0.4, 0.5) is 0 Å². The summed E-state index contributed by atoms with van der Waals surface area (Å²) in [5.41, 5.74) is 6.89. The number of furan rings is 1. The first-order valence-electron chi connectivity index (χ1n) is 7.21. The molecular weight excluding hydrogens is 256 g/mol. The van der Waals surface area contributed by atoms with E-state index in [-0.39, 0.29) is 0 Å². The molecule has 0 N–H and O–H groups in total. The van der Waals surface area contributed by atoms with Crippen molar-refractivity contribution in [2.45, 2.75) is 13.8 Å². The second kappa shape index (κ2) is 4.49. The normalized spacial score (nSPS) is 11.3. The van der Waals surface area contributed by atoms with E-state index in [2.05, 4.69) is 74.5 Å². The summed E-state index contributed by atoms with van der Waals surface area (Å²) in [6.45, 7) is 4.23. The number of fused-ring (bicyclic) bond motifs is 3. The van der Waals surface area contributed by atoms with Crippen LogP contribution in [0.25, 0.3) is 33.1 Å². The Morgan fingerprint density at radius 2 is 1.43 bits per heavy atom. The topological polar surface area (TPSA) is 13.1 Å². The summed E-state index contributed by atoms with van der Waals surface area (Å²) in [5.74, 6) is 0. The highest BCUT2D eigenvalue weighted by Gasteiger charge is 2.09. The SMILES string of the molecule is Cc1ccc2c(c1)oc1cc(-c3ccccc3C)ccc12. The van der Waals surface area contributed by atoms with Crippen molar-refractivity contribution in [1.82, 2.24) is 0 Å². The van der Waals surface area contributed by atoms with E-state index in [1.807, 2.05) is 0 Å². The van der Waals surface area contributed by atoms with Gasteiger partial charge in [-0.1, -0.05) is 42.5 Å². The fourth-order valence-electron chi connectivity index (χ4n) is 2.95. The van der Waals surface area contributed by atoms with Crippen molar-refractivity contribution < 1.29 is 4.42 Å². The molecule has 4 aromatic rings. The first kappa shape index (κ1) is 12.2. The summed E-state index contributed by atoms with van der Waals surface area (Å²) < 4.78 is 6.04.